The van der Waals surface area contributed by atoms with Gasteiger partial charge in [0.25, 0.3) is 0 Å². The lowest BCUT2D eigenvalue weighted by molar-refractivity contribution is -0.117. The Kier molecular flexibility index (Phi) is 4.21. The number of allylic oxidation sites excluding steroid dienone is 1. The van der Waals surface area contributed by atoms with Crippen LogP contribution in [0.3, 0.4) is 0 Å². The van der Waals surface area contributed by atoms with Crippen molar-refractivity contribution in [1.82, 2.24) is 9.97 Å². The second kappa shape index (κ2) is 6.88. The van der Waals surface area contributed by atoms with Crippen molar-refractivity contribution < 1.29 is 4.79 Å². The Morgan fingerprint density at radius 2 is 1.79 bits per heavy atom. The average Bonchev–Trinajstić information content (AvgIpc) is 3.34. The van der Waals surface area contributed by atoms with E-state index in [1.165, 1.54) is 0 Å². The van der Waals surface area contributed by atoms with Crippen LogP contribution in [0.1, 0.15) is 29.7 Å². The lowest BCUT2D eigenvalue weighted by Crippen LogP contribution is -2.23. The molecule has 0 saturated carbocycles. The van der Waals surface area contributed by atoms with E-state index >= 15 is 0 Å². The molecule has 28 heavy (non-hydrogen) atoms. The number of benzene rings is 1. The molecule has 138 valence electrons. The topological polar surface area (TPSA) is 46.1 Å². The van der Waals surface area contributed by atoms with Crippen molar-refractivity contribution in [3.63, 3.8) is 0 Å². The number of fused-ring (bicyclic) bond motifs is 1. The Morgan fingerprint density at radius 1 is 0.964 bits per heavy atom. The monoisotopic (exact) mass is 387 g/mol. The molecule has 0 bridgehead atoms. The number of nitrogens with zero attached hydrogens (tertiary/aromatic N) is 3. The average molecular weight is 388 g/mol. The fourth-order valence-electron chi connectivity index (χ4n) is 3.95. The van der Waals surface area contributed by atoms with Crippen molar-refractivity contribution in [1.29, 1.82) is 0 Å². The van der Waals surface area contributed by atoms with Crippen molar-refractivity contribution in [2.75, 3.05) is 11.4 Å². The number of halogens is 1. The molecule has 1 aromatic carbocycles. The highest BCUT2D eigenvalue weighted by molar-refractivity contribution is 6.30. The summed E-state index contributed by atoms with van der Waals surface area (Å²) in [4.78, 5) is 22.7. The highest BCUT2D eigenvalue weighted by Crippen LogP contribution is 2.34. The quantitative estimate of drug-likeness (QED) is 0.641. The van der Waals surface area contributed by atoms with Gasteiger partial charge in [-0.2, -0.15) is 0 Å². The molecule has 0 radical (unpaired) electrons. The number of amides is 1. The minimum absolute atomic E-state index is 0.204. The van der Waals surface area contributed by atoms with Crippen molar-refractivity contribution >= 4 is 28.8 Å². The number of hydrogen-bond donors (Lipinski definition) is 0. The van der Waals surface area contributed by atoms with E-state index in [1.54, 1.807) is 6.20 Å². The lowest BCUT2D eigenvalue weighted by atomic mass is 9.99. The third-order valence-electron chi connectivity index (χ3n) is 5.36. The molecule has 1 fully saturated rings. The molecule has 4 nitrogen and oxygen atoms in total. The molecule has 2 aliphatic rings. The number of pyridine rings is 2. The van der Waals surface area contributed by atoms with Gasteiger partial charge in [0.2, 0.25) is 5.91 Å². The van der Waals surface area contributed by atoms with Crippen molar-refractivity contribution in [2.45, 2.75) is 19.3 Å². The number of rotatable bonds is 3. The highest BCUT2D eigenvalue weighted by atomic mass is 35.5. The summed E-state index contributed by atoms with van der Waals surface area (Å²) in [5, 5.41) is 0.641. The van der Waals surface area contributed by atoms with Gasteiger partial charge in [-0.05, 0) is 41.8 Å². The first-order valence-corrected chi connectivity index (χ1v) is 9.78. The van der Waals surface area contributed by atoms with E-state index in [9.17, 15) is 4.79 Å². The largest absolute Gasteiger partial charge is 0.312 e. The van der Waals surface area contributed by atoms with Gasteiger partial charge < -0.3 is 4.90 Å². The minimum Gasteiger partial charge on any atom is -0.312 e. The summed E-state index contributed by atoms with van der Waals surface area (Å²) in [6, 6.07) is 12.2. The first-order chi connectivity index (χ1) is 13.7. The van der Waals surface area contributed by atoms with Crippen molar-refractivity contribution in [3.05, 3.63) is 82.9 Å². The molecule has 0 spiro atoms. The van der Waals surface area contributed by atoms with Crippen molar-refractivity contribution in [2.24, 2.45) is 0 Å². The third kappa shape index (κ3) is 3.00. The van der Waals surface area contributed by atoms with Crippen LogP contribution in [-0.2, 0) is 11.2 Å². The summed E-state index contributed by atoms with van der Waals surface area (Å²) < 4.78 is 0. The number of carbonyl (C=O) groups excluding carboxylic acids is 1. The summed E-state index contributed by atoms with van der Waals surface area (Å²) in [6.45, 7) is 0.805. The van der Waals surface area contributed by atoms with E-state index in [0.29, 0.717) is 11.4 Å². The minimum atomic E-state index is 0.204. The zero-order chi connectivity index (χ0) is 19.1. The van der Waals surface area contributed by atoms with Gasteiger partial charge in [-0.15, -0.1) is 0 Å². The van der Waals surface area contributed by atoms with Crippen LogP contribution in [0, 0.1) is 0 Å². The molecule has 0 N–H and O–H groups in total. The van der Waals surface area contributed by atoms with Crippen LogP contribution in [-0.4, -0.2) is 22.4 Å². The maximum absolute atomic E-state index is 11.9. The van der Waals surface area contributed by atoms with Gasteiger partial charge in [-0.3, -0.25) is 14.8 Å². The van der Waals surface area contributed by atoms with Crippen LogP contribution >= 0.6 is 11.6 Å². The second-order valence-electron chi connectivity index (χ2n) is 7.13. The third-order valence-corrected chi connectivity index (χ3v) is 5.57. The molecular formula is C23H18ClN3O. The number of hydrogen-bond acceptors (Lipinski definition) is 3. The van der Waals surface area contributed by atoms with Gasteiger partial charge in [0.05, 0.1) is 10.7 Å². The van der Waals surface area contributed by atoms with E-state index in [2.05, 4.69) is 34.2 Å². The van der Waals surface area contributed by atoms with Crippen LogP contribution < -0.4 is 4.90 Å². The maximum Gasteiger partial charge on any atom is 0.227 e. The predicted octanol–water partition coefficient (Wildman–Crippen LogP) is 4.91. The zero-order valence-corrected chi connectivity index (χ0v) is 16.0. The number of carbonyl (C=O) groups is 1. The number of anilines is 1. The van der Waals surface area contributed by atoms with E-state index in [4.69, 9.17) is 11.6 Å². The Labute approximate surface area is 168 Å². The van der Waals surface area contributed by atoms with Gasteiger partial charge in [0.15, 0.2) is 0 Å². The molecule has 3 aromatic rings. The van der Waals surface area contributed by atoms with Crippen LogP contribution in [0.2, 0.25) is 5.02 Å². The van der Waals surface area contributed by atoms with Crippen LogP contribution in [0.25, 0.3) is 16.7 Å². The Balaban J connectivity index is 1.46. The molecule has 0 unspecified atom stereocenters. The van der Waals surface area contributed by atoms with Gasteiger partial charge in [-0.25, -0.2) is 0 Å². The SMILES string of the molecule is O=C1CCCN1c1ccc(-c2cncc(C3=CCc4ncc(Cl)cc43)c2)cc1. The first-order valence-electron chi connectivity index (χ1n) is 9.40. The molecule has 5 rings (SSSR count). The fourth-order valence-corrected chi connectivity index (χ4v) is 4.10. The predicted molar refractivity (Wildman–Crippen MR) is 111 cm³/mol. The van der Waals surface area contributed by atoms with Gasteiger partial charge in [0.1, 0.15) is 0 Å². The maximum atomic E-state index is 11.9. The summed E-state index contributed by atoms with van der Waals surface area (Å²) in [7, 11) is 0. The van der Waals surface area contributed by atoms with Gasteiger partial charge >= 0.3 is 0 Å². The molecular weight excluding hydrogens is 370 g/mol. The Bertz CT molecular complexity index is 1110. The van der Waals surface area contributed by atoms with Crippen LogP contribution in [0.5, 0.6) is 0 Å². The number of aromatic nitrogens is 2. The van der Waals surface area contributed by atoms with Crippen molar-refractivity contribution in [3.8, 4) is 11.1 Å². The molecule has 0 atom stereocenters. The van der Waals surface area contributed by atoms with E-state index in [-0.39, 0.29) is 5.91 Å². The molecule has 2 aromatic heterocycles. The summed E-state index contributed by atoms with van der Waals surface area (Å²) in [5.74, 6) is 0.204. The summed E-state index contributed by atoms with van der Waals surface area (Å²) in [5.41, 5.74) is 7.38. The fraction of sp³-hybridized carbons (Fsp3) is 0.174. The first kappa shape index (κ1) is 17.1. The standard InChI is InChI=1S/C23H18ClN3O/c24-18-11-21-20(7-8-22(21)26-14-18)17-10-16(12-25-13-17)15-3-5-19(6-4-15)27-9-1-2-23(27)28/h3-7,10-14H,1-2,8-9H2. The lowest BCUT2D eigenvalue weighted by Gasteiger charge is -2.16. The molecule has 3 heterocycles. The second-order valence-corrected chi connectivity index (χ2v) is 7.56. The summed E-state index contributed by atoms with van der Waals surface area (Å²) >= 11 is 6.15. The molecule has 1 aliphatic carbocycles. The molecule has 1 aliphatic heterocycles. The van der Waals surface area contributed by atoms with Gasteiger partial charge in [0, 0.05) is 60.4 Å². The highest BCUT2D eigenvalue weighted by Gasteiger charge is 2.21. The van der Waals surface area contributed by atoms with E-state index < -0.39 is 0 Å². The van der Waals surface area contributed by atoms with E-state index in [0.717, 1.165) is 58.6 Å². The zero-order valence-electron chi connectivity index (χ0n) is 15.2. The van der Waals surface area contributed by atoms with Crippen LogP contribution in [0.4, 0.5) is 5.69 Å². The molecule has 1 amide bonds. The van der Waals surface area contributed by atoms with Gasteiger partial charge in [-0.1, -0.05) is 29.8 Å². The molecule has 5 heteroatoms. The van der Waals surface area contributed by atoms with E-state index in [1.807, 2.05) is 35.5 Å². The van der Waals surface area contributed by atoms with Crippen LogP contribution in [0.15, 0.2) is 61.1 Å². The smallest absolute Gasteiger partial charge is 0.227 e. The Hall–Kier alpha value is -2.98. The Morgan fingerprint density at radius 3 is 2.57 bits per heavy atom. The summed E-state index contributed by atoms with van der Waals surface area (Å²) in [6.07, 6.45) is 10.00. The normalized spacial score (nSPS) is 15.7. The molecule has 1 saturated heterocycles.